The monoisotopic (exact) mass is 367 g/mol. The predicted octanol–water partition coefficient (Wildman–Crippen LogP) is 4.42. The molecule has 1 aliphatic heterocycles. The number of carbonyl (C=O) groups excluding carboxylic acids is 1. The molecular formula is C20H18ClN3O2. The van der Waals surface area contributed by atoms with Crippen LogP contribution >= 0.6 is 11.6 Å². The molecule has 0 spiro atoms. The lowest BCUT2D eigenvalue weighted by molar-refractivity contribution is -0.116. The van der Waals surface area contributed by atoms with Crippen molar-refractivity contribution >= 4 is 23.3 Å². The fourth-order valence-corrected chi connectivity index (χ4v) is 3.46. The summed E-state index contributed by atoms with van der Waals surface area (Å²) in [7, 11) is 0. The highest BCUT2D eigenvalue weighted by atomic mass is 35.5. The molecule has 132 valence electrons. The maximum atomic E-state index is 12.1. The van der Waals surface area contributed by atoms with Crippen LogP contribution in [0.1, 0.15) is 34.7 Å². The van der Waals surface area contributed by atoms with Gasteiger partial charge in [0, 0.05) is 34.2 Å². The van der Waals surface area contributed by atoms with E-state index in [4.69, 9.17) is 16.3 Å². The number of amides is 1. The fourth-order valence-electron chi connectivity index (χ4n) is 3.34. The normalized spacial score (nSPS) is 16.1. The summed E-state index contributed by atoms with van der Waals surface area (Å²) in [5.41, 5.74) is 4.00. The molecule has 26 heavy (non-hydrogen) atoms. The maximum absolute atomic E-state index is 12.1. The highest BCUT2D eigenvalue weighted by molar-refractivity contribution is 6.30. The molecule has 1 atom stereocenters. The number of rotatable bonds is 4. The van der Waals surface area contributed by atoms with Gasteiger partial charge in [-0.25, -0.2) is 0 Å². The van der Waals surface area contributed by atoms with E-state index in [1.807, 2.05) is 55.5 Å². The van der Waals surface area contributed by atoms with Gasteiger partial charge in [-0.05, 0) is 30.7 Å². The number of hydrogen-bond acceptors (Lipinski definition) is 3. The number of hydrogen-bond donors (Lipinski definition) is 2. The Morgan fingerprint density at radius 2 is 1.96 bits per heavy atom. The summed E-state index contributed by atoms with van der Waals surface area (Å²) in [6.45, 7) is 2.40. The Morgan fingerprint density at radius 3 is 2.77 bits per heavy atom. The largest absolute Gasteiger partial charge is 0.489 e. The number of para-hydroxylation sites is 1. The van der Waals surface area contributed by atoms with Crippen LogP contribution in [-0.2, 0) is 11.4 Å². The minimum Gasteiger partial charge on any atom is -0.489 e. The molecule has 1 aliphatic rings. The molecule has 0 fully saturated rings. The van der Waals surface area contributed by atoms with Crippen molar-refractivity contribution < 1.29 is 9.53 Å². The van der Waals surface area contributed by atoms with E-state index in [-0.39, 0.29) is 11.8 Å². The number of benzene rings is 2. The number of nitrogens with one attached hydrogen (secondary N) is 2. The van der Waals surface area contributed by atoms with Crippen LogP contribution in [0, 0.1) is 6.92 Å². The van der Waals surface area contributed by atoms with Gasteiger partial charge in [-0.2, -0.15) is 5.10 Å². The van der Waals surface area contributed by atoms with Gasteiger partial charge in [-0.1, -0.05) is 41.9 Å². The number of carbonyl (C=O) groups is 1. The van der Waals surface area contributed by atoms with Crippen LogP contribution < -0.4 is 10.1 Å². The van der Waals surface area contributed by atoms with Gasteiger partial charge in [0.1, 0.15) is 12.4 Å². The summed E-state index contributed by atoms with van der Waals surface area (Å²) < 4.78 is 6.08. The molecule has 2 aromatic carbocycles. The second-order valence-corrected chi connectivity index (χ2v) is 6.81. The van der Waals surface area contributed by atoms with Gasteiger partial charge < -0.3 is 10.1 Å². The van der Waals surface area contributed by atoms with Crippen LogP contribution in [0.2, 0.25) is 5.02 Å². The first-order valence-electron chi connectivity index (χ1n) is 8.42. The lowest BCUT2D eigenvalue weighted by Crippen LogP contribution is -2.23. The van der Waals surface area contributed by atoms with Gasteiger partial charge in [0.25, 0.3) is 0 Å². The van der Waals surface area contributed by atoms with Crippen LogP contribution in [-0.4, -0.2) is 16.1 Å². The van der Waals surface area contributed by atoms with E-state index in [1.54, 1.807) is 0 Å². The van der Waals surface area contributed by atoms with Gasteiger partial charge in [-0.3, -0.25) is 9.89 Å². The molecule has 2 heterocycles. The minimum atomic E-state index is -0.0843. The number of aromatic nitrogens is 2. The number of ether oxygens (including phenoxy) is 1. The third-order valence-electron chi connectivity index (χ3n) is 4.59. The van der Waals surface area contributed by atoms with Crippen LogP contribution in [0.3, 0.4) is 0 Å². The van der Waals surface area contributed by atoms with Crippen molar-refractivity contribution in [2.75, 3.05) is 5.32 Å². The van der Waals surface area contributed by atoms with Gasteiger partial charge in [0.15, 0.2) is 5.82 Å². The average molecular weight is 368 g/mol. The van der Waals surface area contributed by atoms with E-state index in [0.29, 0.717) is 23.9 Å². The number of aryl methyl sites for hydroxylation is 1. The summed E-state index contributed by atoms with van der Waals surface area (Å²) in [4.78, 5) is 12.1. The lowest BCUT2D eigenvalue weighted by Gasteiger charge is -2.24. The van der Waals surface area contributed by atoms with Crippen molar-refractivity contribution in [1.82, 2.24) is 10.2 Å². The molecule has 3 aromatic rings. The number of H-pyrrole nitrogens is 1. The van der Waals surface area contributed by atoms with Crippen molar-refractivity contribution in [2.45, 2.75) is 25.9 Å². The first-order valence-corrected chi connectivity index (χ1v) is 8.80. The zero-order valence-corrected chi connectivity index (χ0v) is 15.0. The quantitative estimate of drug-likeness (QED) is 0.717. The molecule has 4 rings (SSSR count). The van der Waals surface area contributed by atoms with Gasteiger partial charge in [-0.15, -0.1) is 0 Å². The van der Waals surface area contributed by atoms with E-state index < -0.39 is 0 Å². The average Bonchev–Trinajstić information content (AvgIpc) is 3.01. The van der Waals surface area contributed by atoms with Gasteiger partial charge >= 0.3 is 0 Å². The van der Waals surface area contributed by atoms with Crippen molar-refractivity contribution in [1.29, 1.82) is 0 Å². The summed E-state index contributed by atoms with van der Waals surface area (Å²) >= 11 is 5.93. The smallest absolute Gasteiger partial charge is 0.226 e. The summed E-state index contributed by atoms with van der Waals surface area (Å²) in [6.07, 6.45) is 0.370. The van der Waals surface area contributed by atoms with Crippen LogP contribution in [0.4, 0.5) is 5.82 Å². The van der Waals surface area contributed by atoms with E-state index >= 15 is 0 Å². The molecule has 6 heteroatoms. The second kappa shape index (κ2) is 6.84. The first kappa shape index (κ1) is 16.7. The standard InChI is InChI=1S/C20H18ClN3O2/c1-12-19-16(10-18(25)22-20(19)24-23-12)15-4-2-3-5-17(15)26-11-13-6-8-14(21)9-7-13/h2-9,16H,10-11H2,1H3,(H2,22,23,24,25)/t16-/m0/s1. The Labute approximate surface area is 156 Å². The van der Waals surface area contributed by atoms with E-state index in [1.165, 1.54) is 0 Å². The molecule has 0 aliphatic carbocycles. The van der Waals surface area contributed by atoms with Crippen molar-refractivity contribution in [3.63, 3.8) is 0 Å². The Morgan fingerprint density at radius 1 is 1.19 bits per heavy atom. The molecule has 0 saturated carbocycles. The molecular weight excluding hydrogens is 350 g/mol. The zero-order valence-electron chi connectivity index (χ0n) is 14.3. The number of fused-ring (bicyclic) bond motifs is 1. The molecule has 0 radical (unpaired) electrons. The number of anilines is 1. The molecule has 1 aromatic heterocycles. The van der Waals surface area contributed by atoms with E-state index in [9.17, 15) is 4.79 Å². The molecule has 5 nitrogen and oxygen atoms in total. The third-order valence-corrected chi connectivity index (χ3v) is 4.84. The highest BCUT2D eigenvalue weighted by Crippen LogP contribution is 2.41. The number of aromatic amines is 1. The van der Waals surface area contributed by atoms with Crippen molar-refractivity contribution in [3.05, 3.63) is 75.9 Å². The zero-order chi connectivity index (χ0) is 18.1. The number of halogens is 1. The van der Waals surface area contributed by atoms with Crippen molar-refractivity contribution in [2.24, 2.45) is 0 Å². The fraction of sp³-hybridized carbons (Fsp3) is 0.200. The Kier molecular flexibility index (Phi) is 4.39. The summed E-state index contributed by atoms with van der Waals surface area (Å²) in [6, 6.07) is 15.4. The molecule has 0 bridgehead atoms. The lowest BCUT2D eigenvalue weighted by atomic mass is 9.85. The molecule has 1 amide bonds. The molecule has 0 unspecified atom stereocenters. The number of nitrogens with zero attached hydrogens (tertiary/aromatic N) is 1. The van der Waals surface area contributed by atoms with E-state index in [2.05, 4.69) is 15.5 Å². The van der Waals surface area contributed by atoms with E-state index in [0.717, 1.165) is 28.1 Å². The van der Waals surface area contributed by atoms with Crippen LogP contribution in [0.25, 0.3) is 0 Å². The summed E-state index contributed by atoms with van der Waals surface area (Å²) in [5.74, 6) is 1.25. The van der Waals surface area contributed by atoms with Gasteiger partial charge in [0.2, 0.25) is 5.91 Å². The SMILES string of the molecule is Cc1[nH]nc2c1[C@H](c1ccccc1OCc1ccc(Cl)cc1)CC(=O)N2. The van der Waals surface area contributed by atoms with Crippen molar-refractivity contribution in [3.8, 4) is 5.75 Å². The van der Waals surface area contributed by atoms with Crippen LogP contribution in [0.5, 0.6) is 5.75 Å². The third kappa shape index (κ3) is 3.18. The molecule has 0 saturated heterocycles. The Bertz CT molecular complexity index is 950. The van der Waals surface area contributed by atoms with Gasteiger partial charge in [0.05, 0.1) is 0 Å². The highest BCUT2D eigenvalue weighted by Gasteiger charge is 2.32. The summed E-state index contributed by atoms with van der Waals surface area (Å²) in [5, 5.41) is 10.7. The second-order valence-electron chi connectivity index (χ2n) is 6.37. The maximum Gasteiger partial charge on any atom is 0.226 e. The Hall–Kier alpha value is -2.79. The minimum absolute atomic E-state index is 0.0403. The Balaban J connectivity index is 1.65. The molecule has 2 N–H and O–H groups in total. The topological polar surface area (TPSA) is 67.0 Å². The predicted molar refractivity (Wildman–Crippen MR) is 101 cm³/mol. The van der Waals surface area contributed by atoms with Crippen LogP contribution in [0.15, 0.2) is 48.5 Å². The first-order chi connectivity index (χ1) is 12.6.